The van der Waals surface area contributed by atoms with Crippen LogP contribution in [0.3, 0.4) is 0 Å². The number of likely N-dealkylation sites (tertiary alicyclic amines) is 1. The lowest BCUT2D eigenvalue weighted by molar-refractivity contribution is -0.121. The number of nitrogens with zero attached hydrogens (tertiary/aromatic N) is 1. The number of halogens is 2. The van der Waals surface area contributed by atoms with Crippen molar-refractivity contribution in [1.29, 1.82) is 0 Å². The maximum atomic E-state index is 12.8. The van der Waals surface area contributed by atoms with Gasteiger partial charge in [-0.1, -0.05) is 12.1 Å². The number of piperidine rings is 1. The summed E-state index contributed by atoms with van der Waals surface area (Å²) in [7, 11) is 0. The zero-order valence-corrected chi connectivity index (χ0v) is 17.9. The Morgan fingerprint density at radius 3 is 2.50 bits per heavy atom. The van der Waals surface area contributed by atoms with Crippen molar-refractivity contribution in [2.45, 2.75) is 44.7 Å². The number of rotatable bonds is 5. The number of carbonyl (C=O) groups excluding carboxylic acids is 1. The molecule has 0 aromatic heterocycles. The second-order valence-corrected chi connectivity index (χ2v) is 8.53. The van der Waals surface area contributed by atoms with Crippen molar-refractivity contribution in [1.82, 2.24) is 4.90 Å². The largest absolute Gasteiger partial charge is 0.396 e. The Morgan fingerprint density at radius 1 is 1.14 bits per heavy atom. The van der Waals surface area contributed by atoms with Gasteiger partial charge in [0.05, 0.1) is 5.92 Å². The fourth-order valence-corrected chi connectivity index (χ4v) is 5.28. The summed E-state index contributed by atoms with van der Waals surface area (Å²) in [6.45, 7) is 3.26. The Morgan fingerprint density at radius 2 is 1.86 bits per heavy atom. The van der Waals surface area contributed by atoms with Gasteiger partial charge >= 0.3 is 0 Å². The Balaban J connectivity index is 0.00000140. The number of benzene rings is 1. The zero-order valence-electron chi connectivity index (χ0n) is 16.3. The van der Waals surface area contributed by atoms with Gasteiger partial charge in [-0.15, -0.1) is 24.8 Å². The molecular weight excluding hydrogens is 397 g/mol. The summed E-state index contributed by atoms with van der Waals surface area (Å²) in [4.78, 5) is 15.2. The molecule has 7 heteroatoms. The number of anilines is 1. The molecule has 158 valence electrons. The summed E-state index contributed by atoms with van der Waals surface area (Å²) >= 11 is 0. The van der Waals surface area contributed by atoms with Gasteiger partial charge in [0.15, 0.2) is 0 Å². The first-order valence-corrected chi connectivity index (χ1v) is 10.1. The topological polar surface area (TPSA) is 78.6 Å². The maximum Gasteiger partial charge on any atom is 0.229 e. The van der Waals surface area contributed by atoms with E-state index < -0.39 is 0 Å². The van der Waals surface area contributed by atoms with Crippen molar-refractivity contribution < 1.29 is 9.90 Å². The summed E-state index contributed by atoms with van der Waals surface area (Å²) in [5.74, 6) is 1.57. The summed E-state index contributed by atoms with van der Waals surface area (Å²) in [5.41, 5.74) is 8.42. The Bertz CT molecular complexity index is 650. The van der Waals surface area contributed by atoms with E-state index in [9.17, 15) is 9.90 Å². The van der Waals surface area contributed by atoms with E-state index in [1.54, 1.807) is 0 Å². The van der Waals surface area contributed by atoms with Crippen LogP contribution in [0.1, 0.15) is 37.7 Å². The number of aliphatic hydroxyl groups excluding tert-OH is 1. The average Bonchev–Trinajstić information content (AvgIpc) is 3.24. The highest BCUT2D eigenvalue weighted by atomic mass is 35.5. The third kappa shape index (κ3) is 5.00. The van der Waals surface area contributed by atoms with E-state index in [1.165, 1.54) is 12.0 Å². The molecule has 0 radical (unpaired) electrons. The Labute approximate surface area is 180 Å². The summed E-state index contributed by atoms with van der Waals surface area (Å²) in [6, 6.07) is 8.24. The smallest absolute Gasteiger partial charge is 0.229 e. The van der Waals surface area contributed by atoms with Crippen LogP contribution >= 0.6 is 24.8 Å². The predicted octanol–water partition coefficient (Wildman–Crippen LogP) is 3.05. The number of nitrogens with one attached hydrogen (secondary N) is 1. The molecule has 4 rings (SSSR count). The second-order valence-electron chi connectivity index (χ2n) is 8.53. The summed E-state index contributed by atoms with van der Waals surface area (Å²) in [6.07, 6.45) is 5.60. The van der Waals surface area contributed by atoms with Crippen molar-refractivity contribution in [3.05, 3.63) is 29.8 Å². The SMILES string of the molecule is Cl.Cl.NC1C2CCC(C2)C1C(=O)Nc1cccc(CN2CCC(CO)CC2)c1. The van der Waals surface area contributed by atoms with Crippen LogP contribution in [-0.4, -0.2) is 41.7 Å². The van der Waals surface area contributed by atoms with Gasteiger partial charge in [-0.3, -0.25) is 9.69 Å². The average molecular weight is 430 g/mol. The predicted molar refractivity (Wildman–Crippen MR) is 117 cm³/mol. The first kappa shape index (κ1) is 23.4. The van der Waals surface area contributed by atoms with Crippen LogP contribution in [0.5, 0.6) is 0 Å². The van der Waals surface area contributed by atoms with E-state index in [0.717, 1.165) is 51.0 Å². The number of aliphatic hydroxyl groups is 1. The molecule has 4 N–H and O–H groups in total. The van der Waals surface area contributed by atoms with Crippen LogP contribution in [-0.2, 0) is 11.3 Å². The van der Waals surface area contributed by atoms with Gasteiger partial charge in [0, 0.05) is 24.9 Å². The minimum Gasteiger partial charge on any atom is -0.396 e. The number of hydrogen-bond donors (Lipinski definition) is 3. The van der Waals surface area contributed by atoms with Crippen molar-refractivity contribution in [3.8, 4) is 0 Å². The third-order valence-corrected chi connectivity index (χ3v) is 6.85. The van der Waals surface area contributed by atoms with Gasteiger partial charge < -0.3 is 16.2 Å². The molecule has 3 fully saturated rings. The van der Waals surface area contributed by atoms with E-state index in [2.05, 4.69) is 22.3 Å². The van der Waals surface area contributed by atoms with Crippen molar-refractivity contribution in [2.24, 2.45) is 29.4 Å². The lowest BCUT2D eigenvalue weighted by Gasteiger charge is -2.31. The van der Waals surface area contributed by atoms with E-state index in [-0.39, 0.29) is 42.7 Å². The molecule has 2 bridgehead atoms. The standard InChI is InChI=1S/C21H31N3O2.2ClH/c22-20-17-5-4-16(11-17)19(20)21(26)23-18-3-1-2-15(10-18)12-24-8-6-14(13-25)7-9-24;;/h1-3,10,14,16-17,19-20,25H,4-9,11-13,22H2,(H,23,26);2*1H. The highest BCUT2D eigenvalue weighted by Gasteiger charge is 2.49. The summed E-state index contributed by atoms with van der Waals surface area (Å²) < 4.78 is 0. The molecule has 1 aliphatic heterocycles. The van der Waals surface area contributed by atoms with E-state index >= 15 is 0 Å². The van der Waals surface area contributed by atoms with Crippen LogP contribution < -0.4 is 11.1 Å². The molecule has 1 aromatic carbocycles. The van der Waals surface area contributed by atoms with Crippen molar-refractivity contribution >= 4 is 36.4 Å². The Hall–Kier alpha value is -0.850. The molecular formula is C21H33Cl2N3O2. The normalized spacial score (nSPS) is 29.8. The van der Waals surface area contributed by atoms with E-state index in [1.807, 2.05) is 12.1 Å². The molecule has 1 amide bonds. The van der Waals surface area contributed by atoms with E-state index in [4.69, 9.17) is 5.73 Å². The van der Waals surface area contributed by atoms with Crippen LogP contribution in [0, 0.1) is 23.7 Å². The number of nitrogens with two attached hydrogens (primary N) is 1. The van der Waals surface area contributed by atoms with Crippen LogP contribution in [0.25, 0.3) is 0 Å². The van der Waals surface area contributed by atoms with E-state index in [0.29, 0.717) is 24.4 Å². The molecule has 5 nitrogen and oxygen atoms in total. The van der Waals surface area contributed by atoms with Crippen molar-refractivity contribution in [2.75, 3.05) is 25.0 Å². The zero-order chi connectivity index (χ0) is 18.1. The molecule has 3 aliphatic rings. The highest BCUT2D eigenvalue weighted by molar-refractivity contribution is 5.93. The summed E-state index contributed by atoms with van der Waals surface area (Å²) in [5, 5.41) is 12.4. The fraction of sp³-hybridized carbons (Fsp3) is 0.667. The molecule has 2 aliphatic carbocycles. The molecule has 1 aromatic rings. The first-order valence-electron chi connectivity index (χ1n) is 10.1. The quantitative estimate of drug-likeness (QED) is 0.671. The third-order valence-electron chi connectivity index (χ3n) is 6.85. The van der Waals surface area contributed by atoms with Gasteiger partial charge in [-0.2, -0.15) is 0 Å². The Kier molecular flexibility index (Phi) is 8.59. The molecule has 4 atom stereocenters. The fourth-order valence-electron chi connectivity index (χ4n) is 5.28. The van der Waals surface area contributed by atoms with Crippen LogP contribution in [0.4, 0.5) is 5.69 Å². The molecule has 0 spiro atoms. The monoisotopic (exact) mass is 429 g/mol. The number of hydrogen-bond acceptors (Lipinski definition) is 4. The van der Waals surface area contributed by atoms with Gasteiger partial charge in [0.1, 0.15) is 0 Å². The van der Waals surface area contributed by atoms with Crippen molar-refractivity contribution in [3.63, 3.8) is 0 Å². The lowest BCUT2D eigenvalue weighted by atomic mass is 9.84. The number of amides is 1. The minimum absolute atomic E-state index is 0. The molecule has 28 heavy (non-hydrogen) atoms. The second kappa shape index (κ2) is 10.3. The maximum absolute atomic E-state index is 12.8. The van der Waals surface area contributed by atoms with Gasteiger partial charge in [-0.05, 0) is 80.6 Å². The molecule has 1 saturated heterocycles. The van der Waals surface area contributed by atoms with Gasteiger partial charge in [-0.25, -0.2) is 0 Å². The van der Waals surface area contributed by atoms with Crippen LogP contribution in [0.15, 0.2) is 24.3 Å². The number of carbonyl (C=O) groups is 1. The van der Waals surface area contributed by atoms with Crippen LogP contribution in [0.2, 0.25) is 0 Å². The molecule has 2 saturated carbocycles. The molecule has 1 heterocycles. The number of fused-ring (bicyclic) bond motifs is 2. The first-order chi connectivity index (χ1) is 12.6. The lowest BCUT2D eigenvalue weighted by Crippen LogP contribution is -2.42. The van der Waals surface area contributed by atoms with Gasteiger partial charge in [0.25, 0.3) is 0 Å². The molecule has 4 unspecified atom stereocenters. The van der Waals surface area contributed by atoms with Gasteiger partial charge in [0.2, 0.25) is 5.91 Å². The highest BCUT2D eigenvalue weighted by Crippen LogP contribution is 2.47. The minimum atomic E-state index is -0.0186.